The molecular formula is C26H32ClN3O2. The summed E-state index contributed by atoms with van der Waals surface area (Å²) in [6.45, 7) is 10.8. The van der Waals surface area contributed by atoms with E-state index >= 15 is 0 Å². The van der Waals surface area contributed by atoms with Crippen LogP contribution < -0.4 is 10.2 Å². The lowest BCUT2D eigenvalue weighted by Gasteiger charge is -2.38. The molecule has 0 atom stereocenters. The highest BCUT2D eigenvalue weighted by Crippen LogP contribution is 2.34. The van der Waals surface area contributed by atoms with E-state index in [0.717, 1.165) is 11.3 Å². The first-order valence-electron chi connectivity index (χ1n) is 11.2. The van der Waals surface area contributed by atoms with Gasteiger partial charge in [0.25, 0.3) is 0 Å². The molecule has 2 amide bonds. The molecule has 0 unspecified atom stereocenters. The second kappa shape index (κ2) is 10.7. The first-order chi connectivity index (χ1) is 15.3. The van der Waals surface area contributed by atoms with E-state index in [4.69, 9.17) is 11.6 Å². The molecule has 1 aliphatic rings. The Hall–Kier alpha value is -2.79. The Morgan fingerprint density at radius 2 is 1.62 bits per heavy atom. The SMILES string of the molecule is CC(C)C(=O)N1CCN(c2c(Cl)cccc2NC(=O)/C=C/c2ccc(C(C)C)cc2)CC1. The fourth-order valence-corrected chi connectivity index (χ4v) is 4.09. The molecule has 2 aromatic rings. The van der Waals surface area contributed by atoms with Crippen LogP contribution in [0.2, 0.25) is 5.02 Å². The summed E-state index contributed by atoms with van der Waals surface area (Å²) in [7, 11) is 0. The Morgan fingerprint density at radius 1 is 0.969 bits per heavy atom. The molecule has 1 aliphatic heterocycles. The van der Waals surface area contributed by atoms with Crippen molar-refractivity contribution in [3.63, 3.8) is 0 Å². The largest absolute Gasteiger partial charge is 0.365 e. The number of amides is 2. The van der Waals surface area contributed by atoms with Crippen molar-refractivity contribution >= 4 is 40.9 Å². The number of piperazine rings is 1. The minimum absolute atomic E-state index is 0.00919. The average molecular weight is 454 g/mol. The van der Waals surface area contributed by atoms with E-state index in [1.807, 2.05) is 49.1 Å². The normalized spacial score (nSPS) is 14.5. The quantitative estimate of drug-likeness (QED) is 0.594. The summed E-state index contributed by atoms with van der Waals surface area (Å²) in [5.74, 6) is 0.423. The van der Waals surface area contributed by atoms with Gasteiger partial charge in [0.1, 0.15) is 0 Å². The molecule has 1 fully saturated rings. The van der Waals surface area contributed by atoms with Gasteiger partial charge in [0.2, 0.25) is 11.8 Å². The molecule has 2 aromatic carbocycles. The predicted octanol–water partition coefficient (Wildman–Crippen LogP) is 5.42. The molecule has 1 saturated heterocycles. The number of hydrogen-bond acceptors (Lipinski definition) is 3. The van der Waals surface area contributed by atoms with Gasteiger partial charge in [-0.15, -0.1) is 0 Å². The standard InChI is InChI=1S/C26H32ClN3O2/c1-18(2)21-11-8-20(9-12-21)10-13-24(31)28-23-7-5-6-22(27)25(23)29-14-16-30(17-15-29)26(32)19(3)4/h5-13,18-19H,14-17H2,1-4H3,(H,28,31)/b13-10+. The Kier molecular flexibility index (Phi) is 7.97. The first-order valence-corrected chi connectivity index (χ1v) is 11.6. The summed E-state index contributed by atoms with van der Waals surface area (Å²) in [6, 6.07) is 13.7. The zero-order valence-corrected chi connectivity index (χ0v) is 20.0. The molecular weight excluding hydrogens is 422 g/mol. The van der Waals surface area contributed by atoms with E-state index < -0.39 is 0 Å². The van der Waals surface area contributed by atoms with E-state index in [-0.39, 0.29) is 17.7 Å². The lowest BCUT2D eigenvalue weighted by molar-refractivity contribution is -0.134. The van der Waals surface area contributed by atoms with Gasteiger partial charge >= 0.3 is 0 Å². The smallest absolute Gasteiger partial charge is 0.248 e. The first kappa shape index (κ1) is 23.9. The van der Waals surface area contributed by atoms with E-state index in [2.05, 4.69) is 36.2 Å². The van der Waals surface area contributed by atoms with E-state index in [1.165, 1.54) is 11.6 Å². The molecule has 5 nitrogen and oxygen atoms in total. The van der Waals surface area contributed by atoms with Crippen LogP contribution in [0.15, 0.2) is 48.5 Å². The molecule has 170 valence electrons. The number of hydrogen-bond donors (Lipinski definition) is 1. The van der Waals surface area contributed by atoms with Gasteiger partial charge in [-0.05, 0) is 35.3 Å². The summed E-state index contributed by atoms with van der Waals surface area (Å²) in [5.41, 5.74) is 3.71. The monoisotopic (exact) mass is 453 g/mol. The van der Waals surface area contributed by atoms with Gasteiger partial charge in [0, 0.05) is 38.2 Å². The van der Waals surface area contributed by atoms with Gasteiger partial charge in [-0.2, -0.15) is 0 Å². The Bertz CT molecular complexity index is 975. The minimum Gasteiger partial charge on any atom is -0.365 e. The highest BCUT2D eigenvalue weighted by Gasteiger charge is 2.25. The fourth-order valence-electron chi connectivity index (χ4n) is 3.79. The van der Waals surface area contributed by atoms with Crippen molar-refractivity contribution in [1.82, 2.24) is 4.90 Å². The van der Waals surface area contributed by atoms with Crippen LogP contribution in [-0.2, 0) is 9.59 Å². The Balaban J connectivity index is 1.68. The van der Waals surface area contributed by atoms with E-state index in [0.29, 0.717) is 42.8 Å². The number of anilines is 2. The summed E-state index contributed by atoms with van der Waals surface area (Å²) >= 11 is 6.52. The van der Waals surface area contributed by atoms with Crippen molar-refractivity contribution in [2.24, 2.45) is 5.92 Å². The number of rotatable bonds is 6. The van der Waals surface area contributed by atoms with Crippen LogP contribution in [0.4, 0.5) is 11.4 Å². The van der Waals surface area contributed by atoms with Crippen LogP contribution in [0.1, 0.15) is 44.7 Å². The van der Waals surface area contributed by atoms with Crippen molar-refractivity contribution in [3.8, 4) is 0 Å². The highest BCUT2D eigenvalue weighted by molar-refractivity contribution is 6.34. The summed E-state index contributed by atoms with van der Waals surface area (Å²) in [5, 5.41) is 3.55. The second-order valence-electron chi connectivity index (χ2n) is 8.75. The molecule has 0 saturated carbocycles. The van der Waals surface area contributed by atoms with Crippen molar-refractivity contribution in [2.45, 2.75) is 33.6 Å². The number of nitrogens with one attached hydrogen (secondary N) is 1. The van der Waals surface area contributed by atoms with Gasteiger partial charge in [-0.3, -0.25) is 9.59 Å². The summed E-state index contributed by atoms with van der Waals surface area (Å²) in [4.78, 5) is 28.9. The van der Waals surface area contributed by atoms with Crippen molar-refractivity contribution in [3.05, 3.63) is 64.7 Å². The number of para-hydroxylation sites is 1. The highest BCUT2D eigenvalue weighted by atomic mass is 35.5. The third-order valence-electron chi connectivity index (χ3n) is 5.68. The molecule has 0 spiro atoms. The zero-order valence-electron chi connectivity index (χ0n) is 19.3. The van der Waals surface area contributed by atoms with E-state index in [1.54, 1.807) is 6.08 Å². The van der Waals surface area contributed by atoms with Gasteiger partial charge in [-0.1, -0.05) is 69.6 Å². The molecule has 6 heteroatoms. The van der Waals surface area contributed by atoms with Crippen LogP contribution in [-0.4, -0.2) is 42.9 Å². The van der Waals surface area contributed by atoms with Crippen molar-refractivity contribution < 1.29 is 9.59 Å². The lowest BCUT2D eigenvalue weighted by Crippen LogP contribution is -2.50. The van der Waals surface area contributed by atoms with Gasteiger partial charge in [0.15, 0.2) is 0 Å². The number of carbonyl (C=O) groups is 2. The van der Waals surface area contributed by atoms with Crippen molar-refractivity contribution in [1.29, 1.82) is 0 Å². The lowest BCUT2D eigenvalue weighted by atomic mass is 10.0. The third-order valence-corrected chi connectivity index (χ3v) is 5.98. The zero-order chi connectivity index (χ0) is 23.3. The topological polar surface area (TPSA) is 52.7 Å². The second-order valence-corrected chi connectivity index (χ2v) is 9.15. The molecule has 1 N–H and O–H groups in total. The molecule has 0 radical (unpaired) electrons. The molecule has 0 aromatic heterocycles. The third kappa shape index (κ3) is 5.92. The maximum atomic E-state index is 12.6. The molecule has 1 heterocycles. The number of benzene rings is 2. The predicted molar refractivity (Wildman–Crippen MR) is 133 cm³/mol. The maximum absolute atomic E-state index is 12.6. The van der Waals surface area contributed by atoms with Crippen LogP contribution in [0.3, 0.4) is 0 Å². The number of nitrogens with zero attached hydrogens (tertiary/aromatic N) is 2. The fraction of sp³-hybridized carbons (Fsp3) is 0.385. The minimum atomic E-state index is -0.213. The average Bonchev–Trinajstić information content (AvgIpc) is 2.78. The summed E-state index contributed by atoms with van der Waals surface area (Å²) in [6.07, 6.45) is 3.34. The Labute approximate surface area is 196 Å². The van der Waals surface area contributed by atoms with E-state index in [9.17, 15) is 9.59 Å². The van der Waals surface area contributed by atoms with Crippen LogP contribution in [0, 0.1) is 5.92 Å². The maximum Gasteiger partial charge on any atom is 0.248 e. The molecule has 0 aliphatic carbocycles. The van der Waals surface area contributed by atoms with Crippen LogP contribution in [0.5, 0.6) is 0 Å². The number of carbonyl (C=O) groups excluding carboxylic acids is 2. The van der Waals surface area contributed by atoms with Crippen LogP contribution >= 0.6 is 11.6 Å². The van der Waals surface area contributed by atoms with Crippen LogP contribution in [0.25, 0.3) is 6.08 Å². The van der Waals surface area contributed by atoms with Crippen molar-refractivity contribution in [2.75, 3.05) is 36.4 Å². The number of halogens is 1. The van der Waals surface area contributed by atoms with Gasteiger partial charge in [-0.25, -0.2) is 0 Å². The molecule has 32 heavy (non-hydrogen) atoms. The van der Waals surface area contributed by atoms with Gasteiger partial charge in [0.05, 0.1) is 16.4 Å². The Morgan fingerprint density at radius 3 is 2.22 bits per heavy atom. The summed E-state index contributed by atoms with van der Waals surface area (Å²) < 4.78 is 0. The molecule has 0 bridgehead atoms. The molecule has 3 rings (SSSR count). The van der Waals surface area contributed by atoms with Gasteiger partial charge < -0.3 is 15.1 Å².